The van der Waals surface area contributed by atoms with Crippen LogP contribution in [-0.4, -0.2) is 54.9 Å². The summed E-state index contributed by atoms with van der Waals surface area (Å²) in [6, 6.07) is 13.2. The van der Waals surface area contributed by atoms with Crippen molar-refractivity contribution in [2.45, 2.75) is 40.7 Å². The first kappa shape index (κ1) is 30.3. The third kappa shape index (κ3) is 5.98. The van der Waals surface area contributed by atoms with Crippen LogP contribution >= 0.6 is 0 Å². The first-order valence-corrected chi connectivity index (χ1v) is 14.3. The summed E-state index contributed by atoms with van der Waals surface area (Å²) in [5.74, 6) is 0.242. The monoisotopic (exact) mass is 595 g/mol. The molecule has 2 amide bonds. The molecule has 0 spiro atoms. The van der Waals surface area contributed by atoms with Gasteiger partial charge >= 0.3 is 0 Å². The van der Waals surface area contributed by atoms with Crippen molar-refractivity contribution in [3.8, 4) is 17.2 Å². The molecule has 2 aromatic carbocycles. The summed E-state index contributed by atoms with van der Waals surface area (Å²) in [5.41, 5.74) is 2.75. The van der Waals surface area contributed by atoms with E-state index in [1.54, 1.807) is 64.3 Å². The van der Waals surface area contributed by atoms with Gasteiger partial charge in [0.2, 0.25) is 5.91 Å². The van der Waals surface area contributed by atoms with E-state index < -0.39 is 5.56 Å². The highest BCUT2D eigenvalue weighted by Gasteiger charge is 2.19. The number of rotatable bonds is 8. The Morgan fingerprint density at radius 3 is 2.57 bits per heavy atom. The predicted octanol–water partition coefficient (Wildman–Crippen LogP) is 5.13. The smallest absolute Gasteiger partial charge is 0.277 e. The number of benzene rings is 2. The zero-order chi connectivity index (χ0) is 31.7. The molecule has 0 unspecified atom stereocenters. The lowest BCUT2D eigenvalue weighted by Gasteiger charge is -2.17. The molecule has 0 saturated heterocycles. The van der Waals surface area contributed by atoms with Crippen LogP contribution in [0.1, 0.15) is 47.7 Å². The molecule has 0 fully saturated rings. The van der Waals surface area contributed by atoms with Crippen LogP contribution in [0.3, 0.4) is 0 Å². The lowest BCUT2D eigenvalue weighted by Crippen LogP contribution is -2.30. The standard InChI is InChI=1S/C33H34FN7O3/c1-7-19(2)31(42)38-27-16-35-30(22-9-8-10-23(13-22)32(43)39(5)6)41(33(27)44)18-25-15-29(37-21(4)36-25)40-17-20(3)26-14-24(34)11-12-28(26)40/h8-17,19H,7,18H2,1-6H3,(H,38,42)/t19-/m1/s1. The van der Waals surface area contributed by atoms with E-state index in [0.29, 0.717) is 40.7 Å². The van der Waals surface area contributed by atoms with Crippen LogP contribution < -0.4 is 10.9 Å². The first-order valence-electron chi connectivity index (χ1n) is 14.3. The van der Waals surface area contributed by atoms with Crippen molar-refractivity contribution in [2.24, 2.45) is 5.92 Å². The zero-order valence-corrected chi connectivity index (χ0v) is 25.6. The van der Waals surface area contributed by atoms with Gasteiger partial charge in [0.25, 0.3) is 11.5 Å². The normalized spacial score (nSPS) is 11.9. The van der Waals surface area contributed by atoms with Gasteiger partial charge in [-0.15, -0.1) is 0 Å². The quantitative estimate of drug-likeness (QED) is 0.266. The average molecular weight is 596 g/mol. The molecule has 5 aromatic rings. The molecule has 44 heavy (non-hydrogen) atoms. The van der Waals surface area contributed by atoms with Crippen LogP contribution in [0, 0.1) is 25.6 Å². The summed E-state index contributed by atoms with van der Waals surface area (Å²) >= 11 is 0. The van der Waals surface area contributed by atoms with E-state index in [1.807, 2.05) is 24.6 Å². The van der Waals surface area contributed by atoms with Crippen molar-refractivity contribution in [3.63, 3.8) is 0 Å². The molecule has 1 N–H and O–H groups in total. The van der Waals surface area contributed by atoms with Crippen molar-refractivity contribution >= 4 is 28.4 Å². The van der Waals surface area contributed by atoms with Crippen LogP contribution in [0.2, 0.25) is 0 Å². The molecule has 0 aliphatic rings. The topological polar surface area (TPSA) is 115 Å². The lowest BCUT2D eigenvalue weighted by molar-refractivity contribution is -0.119. The van der Waals surface area contributed by atoms with E-state index in [-0.39, 0.29) is 35.8 Å². The summed E-state index contributed by atoms with van der Waals surface area (Å²) in [4.78, 5) is 54.6. The molecule has 11 heteroatoms. The molecule has 0 saturated carbocycles. The highest BCUT2D eigenvalue weighted by Crippen LogP contribution is 2.26. The van der Waals surface area contributed by atoms with Crippen molar-refractivity contribution in [1.29, 1.82) is 0 Å². The van der Waals surface area contributed by atoms with Gasteiger partial charge in [-0.3, -0.25) is 19.0 Å². The molecule has 1 atom stereocenters. The third-order valence-electron chi connectivity index (χ3n) is 7.55. The minimum Gasteiger partial charge on any atom is -0.345 e. The maximum Gasteiger partial charge on any atom is 0.277 e. The SMILES string of the molecule is CC[C@@H](C)C(=O)Nc1cnc(-c2cccc(C(=O)N(C)C)c2)n(Cc2cc(-n3cc(C)c4cc(F)ccc43)nc(C)n2)c1=O. The second kappa shape index (κ2) is 12.2. The second-order valence-corrected chi connectivity index (χ2v) is 11.1. The number of aryl methyl sites for hydroxylation is 2. The summed E-state index contributed by atoms with van der Waals surface area (Å²) in [7, 11) is 3.33. The molecular formula is C33H34FN7O3. The number of fused-ring (bicyclic) bond motifs is 1. The average Bonchev–Trinajstić information content (AvgIpc) is 3.33. The number of halogens is 1. The number of nitrogens with one attached hydrogen (secondary N) is 1. The van der Waals surface area contributed by atoms with Gasteiger partial charge in [0.1, 0.15) is 29.0 Å². The van der Waals surface area contributed by atoms with Gasteiger partial charge in [0.15, 0.2) is 0 Å². The van der Waals surface area contributed by atoms with Crippen molar-refractivity contribution in [3.05, 3.63) is 99.7 Å². The van der Waals surface area contributed by atoms with E-state index in [4.69, 9.17) is 0 Å². The van der Waals surface area contributed by atoms with Gasteiger partial charge in [-0.05, 0) is 56.2 Å². The Labute approximate surface area is 254 Å². The molecule has 0 aliphatic heterocycles. The van der Waals surface area contributed by atoms with Gasteiger partial charge in [-0.25, -0.2) is 19.3 Å². The Kier molecular flexibility index (Phi) is 8.39. The van der Waals surface area contributed by atoms with Crippen molar-refractivity contribution < 1.29 is 14.0 Å². The fraction of sp³-hybridized carbons (Fsp3) is 0.273. The summed E-state index contributed by atoms with van der Waals surface area (Å²) in [6.45, 7) is 7.34. The highest BCUT2D eigenvalue weighted by atomic mass is 19.1. The fourth-order valence-corrected chi connectivity index (χ4v) is 4.98. The first-order chi connectivity index (χ1) is 21.0. The minimum atomic E-state index is -0.466. The van der Waals surface area contributed by atoms with Crippen LogP contribution in [0.25, 0.3) is 28.1 Å². The molecule has 0 aliphatic carbocycles. The van der Waals surface area contributed by atoms with Crippen LogP contribution in [0.5, 0.6) is 0 Å². The number of nitrogens with zero attached hydrogens (tertiary/aromatic N) is 6. The summed E-state index contributed by atoms with van der Waals surface area (Å²) in [6.07, 6.45) is 3.84. The van der Waals surface area contributed by atoms with Crippen molar-refractivity contribution in [1.82, 2.24) is 29.0 Å². The number of hydrogen-bond donors (Lipinski definition) is 1. The molecule has 5 rings (SSSR count). The van der Waals surface area contributed by atoms with Gasteiger partial charge in [0.05, 0.1) is 24.0 Å². The van der Waals surface area contributed by atoms with Crippen LogP contribution in [-0.2, 0) is 11.3 Å². The second-order valence-electron chi connectivity index (χ2n) is 11.1. The largest absolute Gasteiger partial charge is 0.345 e. The maximum atomic E-state index is 14.0. The number of amides is 2. The molecule has 3 heterocycles. The lowest BCUT2D eigenvalue weighted by atomic mass is 10.1. The molecule has 0 bridgehead atoms. The Hall–Kier alpha value is -5.19. The summed E-state index contributed by atoms with van der Waals surface area (Å²) < 4.78 is 17.3. The number of hydrogen-bond acceptors (Lipinski definition) is 6. The Morgan fingerprint density at radius 2 is 1.84 bits per heavy atom. The van der Waals surface area contributed by atoms with Crippen LogP contribution in [0.15, 0.2) is 65.7 Å². The van der Waals surface area contributed by atoms with E-state index in [0.717, 1.165) is 16.5 Å². The van der Waals surface area contributed by atoms with E-state index in [9.17, 15) is 18.8 Å². The summed E-state index contributed by atoms with van der Waals surface area (Å²) in [5, 5.41) is 3.49. The number of carbonyl (C=O) groups excluding carboxylic acids is 2. The van der Waals surface area contributed by atoms with Crippen molar-refractivity contribution in [2.75, 3.05) is 19.4 Å². The number of anilines is 1. The molecular weight excluding hydrogens is 561 g/mol. The minimum absolute atomic E-state index is 0.00321. The van der Waals surface area contributed by atoms with Crippen LogP contribution in [0.4, 0.5) is 10.1 Å². The van der Waals surface area contributed by atoms with E-state index >= 15 is 0 Å². The van der Waals surface area contributed by atoms with Gasteiger partial charge in [-0.2, -0.15) is 0 Å². The Balaban J connectivity index is 1.64. The molecule has 10 nitrogen and oxygen atoms in total. The zero-order valence-electron chi connectivity index (χ0n) is 25.6. The molecule has 0 radical (unpaired) electrons. The van der Waals surface area contributed by atoms with Gasteiger partial charge in [-0.1, -0.05) is 26.0 Å². The Morgan fingerprint density at radius 1 is 1.07 bits per heavy atom. The van der Waals surface area contributed by atoms with Gasteiger partial charge in [0, 0.05) is 48.8 Å². The van der Waals surface area contributed by atoms with Gasteiger partial charge < -0.3 is 14.8 Å². The predicted molar refractivity (Wildman–Crippen MR) is 167 cm³/mol. The Bertz CT molecular complexity index is 1960. The molecule has 226 valence electrons. The maximum absolute atomic E-state index is 14.0. The molecule has 3 aromatic heterocycles. The number of aromatic nitrogens is 5. The fourth-order valence-electron chi connectivity index (χ4n) is 4.98. The highest BCUT2D eigenvalue weighted by molar-refractivity contribution is 5.95. The third-order valence-corrected chi connectivity index (χ3v) is 7.55. The van der Waals surface area contributed by atoms with E-state index in [1.165, 1.54) is 27.8 Å². The number of carbonyl (C=O) groups is 2. The van der Waals surface area contributed by atoms with E-state index in [2.05, 4.69) is 20.3 Å².